The van der Waals surface area contributed by atoms with Gasteiger partial charge in [-0.25, -0.2) is 19.9 Å². The summed E-state index contributed by atoms with van der Waals surface area (Å²) in [5.74, 6) is 1.28. The molecule has 0 saturated carbocycles. The summed E-state index contributed by atoms with van der Waals surface area (Å²) in [5, 5.41) is 3.06. The predicted molar refractivity (Wildman–Crippen MR) is 181 cm³/mol. The van der Waals surface area contributed by atoms with E-state index in [1.807, 2.05) is 110 Å². The summed E-state index contributed by atoms with van der Waals surface area (Å²) in [6, 6.07) is 43.0. The number of hydrogen-bond donors (Lipinski definition) is 1. The van der Waals surface area contributed by atoms with Gasteiger partial charge in [-0.2, -0.15) is 0 Å². The van der Waals surface area contributed by atoms with Crippen LogP contribution < -0.4 is 5.73 Å². The first kappa shape index (κ1) is 26.9. The molecule has 0 fully saturated rings. The SMILES string of the molecule is C/C=C\C=C(/N)c1cc(-c2ccccc2)nc(-c2ccc3ccc4c(-c5ccccc5)nc(-c5ccccc5)nc4c3c2)n1. The van der Waals surface area contributed by atoms with Crippen molar-refractivity contribution in [3.05, 3.63) is 151 Å². The average Bonchev–Trinajstić information content (AvgIpc) is 3.10. The van der Waals surface area contributed by atoms with E-state index in [-0.39, 0.29) is 0 Å². The highest BCUT2D eigenvalue weighted by Crippen LogP contribution is 2.35. The first-order valence-corrected chi connectivity index (χ1v) is 14.6. The zero-order chi connectivity index (χ0) is 29.9. The number of aromatic nitrogens is 4. The van der Waals surface area contributed by atoms with E-state index in [0.29, 0.717) is 23.0 Å². The van der Waals surface area contributed by atoms with Crippen molar-refractivity contribution in [2.24, 2.45) is 5.73 Å². The summed E-state index contributed by atoms with van der Waals surface area (Å²) in [4.78, 5) is 20.2. The smallest absolute Gasteiger partial charge is 0.160 e. The van der Waals surface area contributed by atoms with Crippen LogP contribution in [0.5, 0.6) is 0 Å². The maximum absolute atomic E-state index is 6.49. The molecule has 0 atom stereocenters. The summed E-state index contributed by atoms with van der Waals surface area (Å²) in [6.07, 6.45) is 5.72. The average molecular weight is 568 g/mol. The maximum atomic E-state index is 6.49. The zero-order valence-corrected chi connectivity index (χ0v) is 24.2. The van der Waals surface area contributed by atoms with Gasteiger partial charge in [-0.1, -0.05) is 121 Å². The Hall–Kier alpha value is -5.94. The summed E-state index contributed by atoms with van der Waals surface area (Å²) in [5.41, 5.74) is 14.2. The fourth-order valence-electron chi connectivity index (χ4n) is 5.35. The van der Waals surface area contributed by atoms with Crippen LogP contribution in [0, 0.1) is 0 Å². The molecule has 44 heavy (non-hydrogen) atoms. The minimum atomic E-state index is 0.572. The highest BCUT2D eigenvalue weighted by molar-refractivity contribution is 6.10. The third-order valence-corrected chi connectivity index (χ3v) is 7.58. The summed E-state index contributed by atoms with van der Waals surface area (Å²) in [6.45, 7) is 1.96. The Morgan fingerprint density at radius 2 is 1.20 bits per heavy atom. The van der Waals surface area contributed by atoms with Crippen molar-refractivity contribution in [3.63, 3.8) is 0 Å². The van der Waals surface area contributed by atoms with Crippen LogP contribution in [0.3, 0.4) is 0 Å². The molecule has 0 aliphatic rings. The highest BCUT2D eigenvalue weighted by Gasteiger charge is 2.16. The molecule has 2 aromatic heterocycles. The van der Waals surface area contributed by atoms with Crippen LogP contribution in [0.1, 0.15) is 12.6 Å². The van der Waals surface area contributed by atoms with E-state index >= 15 is 0 Å². The molecule has 0 spiro atoms. The van der Waals surface area contributed by atoms with Crippen LogP contribution in [-0.4, -0.2) is 19.9 Å². The molecule has 0 amide bonds. The van der Waals surface area contributed by atoms with Crippen molar-refractivity contribution < 1.29 is 0 Å². The van der Waals surface area contributed by atoms with Gasteiger partial charge in [0.25, 0.3) is 0 Å². The molecule has 0 unspecified atom stereocenters. The second-order valence-electron chi connectivity index (χ2n) is 10.5. The number of fused-ring (bicyclic) bond motifs is 3. The normalized spacial score (nSPS) is 11.9. The molecule has 0 saturated heterocycles. The Kier molecular flexibility index (Phi) is 7.19. The van der Waals surface area contributed by atoms with Gasteiger partial charge in [0.15, 0.2) is 11.6 Å². The van der Waals surface area contributed by atoms with Crippen LogP contribution >= 0.6 is 0 Å². The minimum Gasteiger partial charge on any atom is -0.397 e. The van der Waals surface area contributed by atoms with Crippen molar-refractivity contribution >= 4 is 27.4 Å². The number of nitrogens with two attached hydrogens (primary N) is 1. The molecular weight excluding hydrogens is 538 g/mol. The number of benzene rings is 5. The van der Waals surface area contributed by atoms with Gasteiger partial charge < -0.3 is 5.73 Å². The molecule has 0 aliphatic carbocycles. The topological polar surface area (TPSA) is 77.6 Å². The van der Waals surface area contributed by atoms with Crippen LogP contribution in [-0.2, 0) is 0 Å². The maximum Gasteiger partial charge on any atom is 0.160 e. The first-order valence-electron chi connectivity index (χ1n) is 14.6. The number of allylic oxidation sites excluding steroid dienone is 3. The number of nitrogens with zero attached hydrogens (tertiary/aromatic N) is 4. The molecule has 0 radical (unpaired) electrons. The third-order valence-electron chi connectivity index (χ3n) is 7.58. The quantitative estimate of drug-likeness (QED) is 0.160. The van der Waals surface area contributed by atoms with E-state index in [1.165, 1.54) is 0 Å². The van der Waals surface area contributed by atoms with E-state index in [1.54, 1.807) is 0 Å². The van der Waals surface area contributed by atoms with E-state index in [4.69, 9.17) is 25.7 Å². The lowest BCUT2D eigenvalue weighted by molar-refractivity contribution is 1.15. The molecule has 5 aromatic carbocycles. The number of hydrogen-bond acceptors (Lipinski definition) is 5. The summed E-state index contributed by atoms with van der Waals surface area (Å²) in [7, 11) is 0. The Morgan fingerprint density at radius 1 is 0.568 bits per heavy atom. The van der Waals surface area contributed by atoms with Crippen molar-refractivity contribution in [1.29, 1.82) is 0 Å². The molecule has 2 heterocycles. The van der Waals surface area contributed by atoms with Gasteiger partial charge in [-0.05, 0) is 36.6 Å². The molecule has 7 rings (SSSR count). The van der Waals surface area contributed by atoms with Gasteiger partial charge in [-0.15, -0.1) is 0 Å². The second kappa shape index (κ2) is 11.7. The van der Waals surface area contributed by atoms with E-state index in [0.717, 1.165) is 55.3 Å². The Balaban J connectivity index is 1.48. The van der Waals surface area contributed by atoms with Gasteiger partial charge in [0, 0.05) is 33.0 Å². The molecule has 210 valence electrons. The second-order valence-corrected chi connectivity index (χ2v) is 10.5. The largest absolute Gasteiger partial charge is 0.397 e. The summed E-state index contributed by atoms with van der Waals surface area (Å²) < 4.78 is 0. The predicted octanol–water partition coefficient (Wildman–Crippen LogP) is 9.12. The van der Waals surface area contributed by atoms with Crippen molar-refractivity contribution in [2.45, 2.75) is 6.92 Å². The molecule has 0 bridgehead atoms. The van der Waals surface area contributed by atoms with Gasteiger partial charge in [0.2, 0.25) is 0 Å². The summed E-state index contributed by atoms with van der Waals surface area (Å²) >= 11 is 0. The first-order chi connectivity index (χ1) is 21.7. The molecule has 2 N–H and O–H groups in total. The lowest BCUT2D eigenvalue weighted by Crippen LogP contribution is -2.03. The number of rotatable bonds is 6. The van der Waals surface area contributed by atoms with Crippen molar-refractivity contribution in [3.8, 4) is 45.3 Å². The van der Waals surface area contributed by atoms with E-state index in [9.17, 15) is 0 Å². The van der Waals surface area contributed by atoms with Crippen molar-refractivity contribution in [2.75, 3.05) is 0 Å². The molecule has 7 aromatic rings. The standard InChI is InChI=1S/C39H29N5/c1-2-3-19-33(40)35-25-34(27-13-7-4-8-14-27)41-39(42-35)30-21-20-26-22-23-31-36(28-15-9-5-10-16-28)43-38(29-17-11-6-12-18-29)44-37(31)32(26)24-30/h2-25H,40H2,1H3/b3-2-,33-19-. The van der Waals surface area contributed by atoms with E-state index < -0.39 is 0 Å². The molecule has 0 aliphatic heterocycles. The van der Waals surface area contributed by atoms with Crippen LogP contribution in [0.15, 0.2) is 146 Å². The van der Waals surface area contributed by atoms with Gasteiger partial charge >= 0.3 is 0 Å². The fourth-order valence-corrected chi connectivity index (χ4v) is 5.35. The monoisotopic (exact) mass is 567 g/mol. The lowest BCUT2D eigenvalue weighted by Gasteiger charge is -2.13. The Labute approximate surface area is 256 Å². The highest BCUT2D eigenvalue weighted by atomic mass is 14.9. The Bertz CT molecular complexity index is 2170. The van der Waals surface area contributed by atoms with E-state index in [2.05, 4.69) is 42.5 Å². The Morgan fingerprint density at radius 3 is 1.91 bits per heavy atom. The van der Waals surface area contributed by atoms with Crippen molar-refractivity contribution in [1.82, 2.24) is 19.9 Å². The fraction of sp³-hybridized carbons (Fsp3) is 0.0256. The molecule has 5 nitrogen and oxygen atoms in total. The molecular formula is C39H29N5. The van der Waals surface area contributed by atoms with Crippen LogP contribution in [0.2, 0.25) is 0 Å². The minimum absolute atomic E-state index is 0.572. The van der Waals surface area contributed by atoms with Gasteiger partial charge in [-0.3, -0.25) is 0 Å². The van der Waals surface area contributed by atoms with Gasteiger partial charge in [0.1, 0.15) is 0 Å². The zero-order valence-electron chi connectivity index (χ0n) is 24.2. The van der Waals surface area contributed by atoms with Gasteiger partial charge in [0.05, 0.1) is 28.3 Å². The molecule has 5 heteroatoms. The van der Waals surface area contributed by atoms with Crippen LogP contribution in [0.4, 0.5) is 0 Å². The van der Waals surface area contributed by atoms with Crippen LogP contribution in [0.25, 0.3) is 72.7 Å². The lowest BCUT2D eigenvalue weighted by atomic mass is 9.99. The third kappa shape index (κ3) is 5.23.